The number of hydrogen-bond acceptors (Lipinski definition) is 2. The number of rotatable bonds is 4. The fourth-order valence-electron chi connectivity index (χ4n) is 1.22. The van der Waals surface area contributed by atoms with Gasteiger partial charge in [0.25, 0.3) is 0 Å². The van der Waals surface area contributed by atoms with E-state index in [2.05, 4.69) is 11.9 Å². The fraction of sp³-hybridized carbons (Fsp3) is 0.250. The van der Waals surface area contributed by atoms with E-state index < -0.39 is 5.97 Å². The summed E-state index contributed by atoms with van der Waals surface area (Å²) in [6.45, 7) is 7.74. The molecule has 0 saturated carbocycles. The lowest BCUT2D eigenvalue weighted by Gasteiger charge is -2.10. The molecule has 3 heteroatoms. The van der Waals surface area contributed by atoms with Gasteiger partial charge in [-0.25, -0.2) is 4.79 Å². The predicted octanol–water partition coefficient (Wildman–Crippen LogP) is 2.36. The maximum Gasteiger partial charge on any atom is 0.332 e. The fourth-order valence-corrected chi connectivity index (χ4v) is 1.22. The number of carboxylic acid groups (broad SMARTS) is 1. The molecule has 0 heterocycles. The molecule has 0 radical (unpaired) electrons. The molecule has 0 atom stereocenters. The number of carboxylic acids is 1. The van der Waals surface area contributed by atoms with E-state index in [0.29, 0.717) is 0 Å². The van der Waals surface area contributed by atoms with E-state index in [1.54, 1.807) is 0 Å². The highest BCUT2D eigenvalue weighted by Crippen LogP contribution is 2.17. The molecule has 0 unspecified atom stereocenters. The van der Waals surface area contributed by atoms with Crippen molar-refractivity contribution in [3.05, 3.63) is 41.5 Å². The number of aryl methyl sites for hydroxylation is 1. The summed E-state index contributed by atoms with van der Waals surface area (Å²) in [4.78, 5) is 10.5. The molecule has 0 saturated heterocycles. The Morgan fingerprint density at radius 1 is 1.47 bits per heavy atom. The van der Waals surface area contributed by atoms with Gasteiger partial charge < -0.3 is 10.4 Å². The van der Waals surface area contributed by atoms with Crippen molar-refractivity contribution in [1.82, 2.24) is 0 Å². The van der Waals surface area contributed by atoms with Crippen molar-refractivity contribution < 1.29 is 9.90 Å². The van der Waals surface area contributed by atoms with Gasteiger partial charge in [-0.2, -0.15) is 0 Å². The lowest BCUT2D eigenvalue weighted by Crippen LogP contribution is -2.11. The van der Waals surface area contributed by atoms with Crippen molar-refractivity contribution >= 4 is 11.7 Å². The maximum atomic E-state index is 10.5. The summed E-state index contributed by atoms with van der Waals surface area (Å²) in [6, 6.07) is 5.89. The third-order valence-electron chi connectivity index (χ3n) is 2.40. The van der Waals surface area contributed by atoms with Gasteiger partial charge in [0.15, 0.2) is 0 Å². The predicted molar refractivity (Wildman–Crippen MR) is 61.2 cm³/mol. The van der Waals surface area contributed by atoms with E-state index in [1.165, 1.54) is 5.56 Å². The summed E-state index contributed by atoms with van der Waals surface area (Å²) in [7, 11) is 0. The van der Waals surface area contributed by atoms with Crippen LogP contribution in [0, 0.1) is 13.8 Å². The van der Waals surface area contributed by atoms with Crippen LogP contribution in [-0.4, -0.2) is 17.6 Å². The molecule has 0 aromatic heterocycles. The molecule has 0 bridgehead atoms. The summed E-state index contributed by atoms with van der Waals surface area (Å²) in [5, 5.41) is 11.7. The molecule has 15 heavy (non-hydrogen) atoms. The minimum Gasteiger partial charge on any atom is -0.478 e. The van der Waals surface area contributed by atoms with Crippen molar-refractivity contribution in [2.75, 3.05) is 11.9 Å². The molecule has 80 valence electrons. The first-order valence-electron chi connectivity index (χ1n) is 4.73. The van der Waals surface area contributed by atoms with Gasteiger partial charge in [-0.15, -0.1) is 0 Å². The van der Waals surface area contributed by atoms with E-state index >= 15 is 0 Å². The normalized spacial score (nSPS) is 9.73. The molecule has 1 aromatic rings. The maximum absolute atomic E-state index is 10.5. The zero-order valence-electron chi connectivity index (χ0n) is 9.00. The SMILES string of the molecule is C=C(CNc1cccc(C)c1C)C(=O)O. The van der Waals surface area contributed by atoms with Crippen LogP contribution in [0.15, 0.2) is 30.4 Å². The zero-order chi connectivity index (χ0) is 11.4. The highest BCUT2D eigenvalue weighted by molar-refractivity contribution is 5.86. The Kier molecular flexibility index (Phi) is 3.50. The van der Waals surface area contributed by atoms with Crippen LogP contribution in [0.2, 0.25) is 0 Å². The van der Waals surface area contributed by atoms with Crippen molar-refractivity contribution in [2.24, 2.45) is 0 Å². The van der Waals surface area contributed by atoms with Crippen LogP contribution in [0.25, 0.3) is 0 Å². The Morgan fingerprint density at radius 2 is 2.13 bits per heavy atom. The smallest absolute Gasteiger partial charge is 0.332 e. The van der Waals surface area contributed by atoms with Gasteiger partial charge in [0.1, 0.15) is 0 Å². The van der Waals surface area contributed by atoms with E-state index in [9.17, 15) is 4.79 Å². The van der Waals surface area contributed by atoms with Gasteiger partial charge in [0.2, 0.25) is 0 Å². The summed E-state index contributed by atoms with van der Waals surface area (Å²) in [6.07, 6.45) is 0. The molecular weight excluding hydrogens is 190 g/mol. The highest BCUT2D eigenvalue weighted by Gasteiger charge is 2.04. The molecule has 1 aromatic carbocycles. The summed E-state index contributed by atoms with van der Waals surface area (Å²) < 4.78 is 0. The van der Waals surface area contributed by atoms with E-state index in [-0.39, 0.29) is 12.1 Å². The lowest BCUT2D eigenvalue weighted by atomic mass is 10.1. The Bertz CT molecular complexity index is 397. The number of aliphatic carboxylic acids is 1. The molecule has 0 amide bonds. The Morgan fingerprint density at radius 3 is 2.73 bits per heavy atom. The third kappa shape index (κ3) is 2.84. The lowest BCUT2D eigenvalue weighted by molar-refractivity contribution is -0.132. The zero-order valence-corrected chi connectivity index (χ0v) is 9.00. The van der Waals surface area contributed by atoms with E-state index in [4.69, 9.17) is 5.11 Å². The number of benzene rings is 1. The van der Waals surface area contributed by atoms with Gasteiger partial charge in [0.05, 0.1) is 0 Å². The first-order valence-corrected chi connectivity index (χ1v) is 4.73. The van der Waals surface area contributed by atoms with Crippen LogP contribution < -0.4 is 5.32 Å². The van der Waals surface area contributed by atoms with Crippen LogP contribution in [0.1, 0.15) is 11.1 Å². The monoisotopic (exact) mass is 205 g/mol. The molecule has 1 rings (SSSR count). The molecule has 3 nitrogen and oxygen atoms in total. The average Bonchev–Trinajstić information content (AvgIpc) is 2.19. The molecule has 0 aliphatic heterocycles. The molecule has 0 spiro atoms. The van der Waals surface area contributed by atoms with Gasteiger partial charge >= 0.3 is 5.97 Å². The second-order valence-electron chi connectivity index (χ2n) is 3.51. The van der Waals surface area contributed by atoms with Crippen LogP contribution in [0.4, 0.5) is 5.69 Å². The summed E-state index contributed by atoms with van der Waals surface area (Å²) >= 11 is 0. The molecule has 0 fully saturated rings. The number of anilines is 1. The minimum atomic E-state index is -0.965. The van der Waals surface area contributed by atoms with Gasteiger partial charge in [-0.3, -0.25) is 0 Å². The Hall–Kier alpha value is -1.77. The van der Waals surface area contributed by atoms with Crippen LogP contribution in [-0.2, 0) is 4.79 Å². The molecular formula is C12H15NO2. The van der Waals surface area contributed by atoms with Crippen LogP contribution >= 0.6 is 0 Å². The van der Waals surface area contributed by atoms with Crippen LogP contribution in [0.3, 0.4) is 0 Å². The second kappa shape index (κ2) is 4.64. The van der Waals surface area contributed by atoms with Crippen molar-refractivity contribution in [2.45, 2.75) is 13.8 Å². The first kappa shape index (κ1) is 11.3. The summed E-state index contributed by atoms with van der Waals surface area (Å²) in [5.74, 6) is -0.965. The van der Waals surface area contributed by atoms with Gasteiger partial charge in [-0.1, -0.05) is 18.7 Å². The second-order valence-corrected chi connectivity index (χ2v) is 3.51. The quantitative estimate of drug-likeness (QED) is 0.742. The number of carbonyl (C=O) groups is 1. The third-order valence-corrected chi connectivity index (χ3v) is 2.40. The Labute approximate surface area is 89.4 Å². The molecule has 0 aliphatic rings. The van der Waals surface area contributed by atoms with Crippen molar-refractivity contribution in [3.8, 4) is 0 Å². The molecule has 0 aliphatic carbocycles. The van der Waals surface area contributed by atoms with Crippen molar-refractivity contribution in [3.63, 3.8) is 0 Å². The number of nitrogens with one attached hydrogen (secondary N) is 1. The number of hydrogen-bond donors (Lipinski definition) is 2. The average molecular weight is 205 g/mol. The topological polar surface area (TPSA) is 49.3 Å². The van der Waals surface area contributed by atoms with E-state index in [1.807, 2.05) is 32.0 Å². The molecule has 2 N–H and O–H groups in total. The summed E-state index contributed by atoms with van der Waals surface area (Å²) in [5.41, 5.74) is 3.44. The van der Waals surface area contributed by atoms with Crippen LogP contribution in [0.5, 0.6) is 0 Å². The largest absolute Gasteiger partial charge is 0.478 e. The first-order chi connectivity index (χ1) is 7.02. The Balaban J connectivity index is 2.70. The van der Waals surface area contributed by atoms with Gasteiger partial charge in [0, 0.05) is 17.8 Å². The standard InChI is InChI=1S/C12H15NO2/c1-8-5-4-6-11(10(8)3)13-7-9(2)12(14)15/h4-6,13H,2,7H2,1,3H3,(H,14,15). The van der Waals surface area contributed by atoms with Crippen molar-refractivity contribution in [1.29, 1.82) is 0 Å². The highest BCUT2D eigenvalue weighted by atomic mass is 16.4. The van der Waals surface area contributed by atoms with E-state index in [0.717, 1.165) is 11.3 Å². The van der Waals surface area contributed by atoms with Gasteiger partial charge in [-0.05, 0) is 31.0 Å². The minimum absolute atomic E-state index is 0.163.